The first kappa shape index (κ1) is 23.9. The van der Waals surface area contributed by atoms with Crippen molar-refractivity contribution in [2.24, 2.45) is 0 Å². The fourth-order valence-corrected chi connectivity index (χ4v) is 3.22. The lowest BCUT2D eigenvalue weighted by Gasteiger charge is -2.13. The zero-order valence-electron chi connectivity index (χ0n) is 18.4. The second-order valence-corrected chi connectivity index (χ2v) is 7.50. The molecule has 3 aromatic rings. The minimum absolute atomic E-state index is 0.142. The highest BCUT2D eigenvalue weighted by molar-refractivity contribution is 7.80. The predicted molar refractivity (Wildman–Crippen MR) is 133 cm³/mol. The Kier molecular flexibility index (Phi) is 8.51. The Labute approximate surface area is 198 Å². The minimum Gasteiger partial charge on any atom is -0.490 e. The molecule has 0 aliphatic heterocycles. The molecular formula is C25H25N3O4S. The molecule has 0 bridgehead atoms. The molecule has 0 aromatic heterocycles. The van der Waals surface area contributed by atoms with E-state index >= 15 is 0 Å². The van der Waals surface area contributed by atoms with E-state index in [4.69, 9.17) is 21.7 Å². The van der Waals surface area contributed by atoms with Gasteiger partial charge in [-0.2, -0.15) is 0 Å². The molecular weight excluding hydrogens is 438 g/mol. The fourth-order valence-electron chi connectivity index (χ4n) is 3.01. The molecule has 2 amide bonds. The maximum Gasteiger partial charge on any atom is 0.261 e. The number of hydrogen-bond acceptors (Lipinski definition) is 5. The number of hydrogen-bond donors (Lipinski definition) is 3. The van der Waals surface area contributed by atoms with Crippen LogP contribution in [0.25, 0.3) is 0 Å². The summed E-state index contributed by atoms with van der Waals surface area (Å²) in [6.07, 6.45) is 0. The number of benzene rings is 3. The van der Waals surface area contributed by atoms with Crippen LogP contribution in [-0.4, -0.2) is 37.3 Å². The summed E-state index contributed by atoms with van der Waals surface area (Å²) in [5.74, 6) is -0.116. The highest BCUT2D eigenvalue weighted by atomic mass is 32.1. The van der Waals surface area contributed by atoms with Gasteiger partial charge in [0.05, 0.1) is 12.2 Å². The molecule has 8 heteroatoms. The summed E-state index contributed by atoms with van der Waals surface area (Å²) in [5.41, 5.74) is 3.20. The Morgan fingerprint density at radius 1 is 0.788 bits per heavy atom. The first-order chi connectivity index (χ1) is 16.0. The Balaban J connectivity index is 1.56. The number of carbonyl (C=O) groups is 2. The SMILES string of the molecule is COCCOc1ccccc1C(=O)NC(=S)Nc1ccc(NC(=O)c2ccccc2C)cc1. The number of thiocarbonyl (C=S) groups is 1. The van der Waals surface area contributed by atoms with Crippen molar-refractivity contribution in [3.63, 3.8) is 0 Å². The Hall–Kier alpha value is -3.75. The van der Waals surface area contributed by atoms with E-state index in [0.29, 0.717) is 41.5 Å². The number of aryl methyl sites for hydroxylation is 1. The van der Waals surface area contributed by atoms with Gasteiger partial charge >= 0.3 is 0 Å². The molecule has 3 N–H and O–H groups in total. The van der Waals surface area contributed by atoms with Crippen LogP contribution in [0.3, 0.4) is 0 Å². The second kappa shape index (κ2) is 11.8. The van der Waals surface area contributed by atoms with Crippen molar-refractivity contribution in [2.75, 3.05) is 31.0 Å². The summed E-state index contributed by atoms with van der Waals surface area (Å²) in [7, 11) is 1.58. The fraction of sp³-hybridized carbons (Fsp3) is 0.160. The number of nitrogens with one attached hydrogen (secondary N) is 3. The Bertz CT molecular complexity index is 1130. The molecule has 0 aliphatic carbocycles. The summed E-state index contributed by atoms with van der Waals surface area (Å²) in [5, 5.41) is 8.62. The number of rotatable bonds is 8. The first-order valence-corrected chi connectivity index (χ1v) is 10.7. The van der Waals surface area contributed by atoms with Gasteiger partial charge in [0.2, 0.25) is 0 Å². The summed E-state index contributed by atoms with van der Waals surface area (Å²) in [6, 6.07) is 21.3. The van der Waals surface area contributed by atoms with Gasteiger partial charge in [-0.3, -0.25) is 14.9 Å². The van der Waals surface area contributed by atoms with Crippen LogP contribution >= 0.6 is 12.2 Å². The molecule has 33 heavy (non-hydrogen) atoms. The molecule has 0 saturated heterocycles. The molecule has 0 atom stereocenters. The summed E-state index contributed by atoms with van der Waals surface area (Å²) < 4.78 is 10.6. The van der Waals surface area contributed by atoms with Gasteiger partial charge in [0.1, 0.15) is 12.4 Å². The average Bonchev–Trinajstić information content (AvgIpc) is 2.81. The van der Waals surface area contributed by atoms with Crippen LogP contribution in [0.2, 0.25) is 0 Å². The highest BCUT2D eigenvalue weighted by Gasteiger charge is 2.14. The molecule has 170 valence electrons. The number of carbonyl (C=O) groups excluding carboxylic acids is 2. The zero-order valence-corrected chi connectivity index (χ0v) is 19.2. The lowest BCUT2D eigenvalue weighted by molar-refractivity contribution is 0.0968. The van der Waals surface area contributed by atoms with Crippen LogP contribution in [0.1, 0.15) is 26.3 Å². The summed E-state index contributed by atoms with van der Waals surface area (Å²) in [4.78, 5) is 25.1. The van der Waals surface area contributed by atoms with E-state index in [9.17, 15) is 9.59 Å². The molecule has 0 radical (unpaired) electrons. The van der Waals surface area contributed by atoms with Crippen molar-refractivity contribution >= 4 is 40.5 Å². The lowest BCUT2D eigenvalue weighted by atomic mass is 10.1. The van der Waals surface area contributed by atoms with Crippen molar-refractivity contribution in [1.29, 1.82) is 0 Å². The van der Waals surface area contributed by atoms with Gasteiger partial charge in [-0.25, -0.2) is 0 Å². The quantitative estimate of drug-likeness (QED) is 0.339. The lowest BCUT2D eigenvalue weighted by Crippen LogP contribution is -2.34. The normalized spacial score (nSPS) is 10.2. The number of anilines is 2. The Morgan fingerprint density at radius 3 is 2.06 bits per heavy atom. The number of methoxy groups -OCH3 is 1. The number of ether oxygens (including phenoxy) is 2. The van der Waals surface area contributed by atoms with Crippen molar-refractivity contribution in [2.45, 2.75) is 6.92 Å². The Morgan fingerprint density at radius 2 is 1.39 bits per heavy atom. The monoisotopic (exact) mass is 463 g/mol. The van der Waals surface area contributed by atoms with Crippen LogP contribution in [0.15, 0.2) is 72.8 Å². The van der Waals surface area contributed by atoms with E-state index in [1.165, 1.54) is 0 Å². The second-order valence-electron chi connectivity index (χ2n) is 7.09. The van der Waals surface area contributed by atoms with Gasteiger partial charge in [0, 0.05) is 24.0 Å². The van der Waals surface area contributed by atoms with Crippen LogP contribution in [0.5, 0.6) is 5.75 Å². The maximum atomic E-state index is 12.6. The van der Waals surface area contributed by atoms with Crippen LogP contribution in [0, 0.1) is 6.92 Å². The molecule has 3 rings (SSSR count). The molecule has 7 nitrogen and oxygen atoms in total. The molecule has 3 aromatic carbocycles. The zero-order chi connectivity index (χ0) is 23.6. The average molecular weight is 464 g/mol. The topological polar surface area (TPSA) is 88.7 Å². The maximum absolute atomic E-state index is 12.6. The van der Waals surface area contributed by atoms with E-state index in [1.807, 2.05) is 25.1 Å². The van der Waals surface area contributed by atoms with Gasteiger partial charge in [-0.05, 0) is 67.2 Å². The van der Waals surface area contributed by atoms with Gasteiger partial charge in [-0.15, -0.1) is 0 Å². The van der Waals surface area contributed by atoms with E-state index in [1.54, 1.807) is 61.7 Å². The van der Waals surface area contributed by atoms with E-state index in [2.05, 4.69) is 16.0 Å². The van der Waals surface area contributed by atoms with E-state index < -0.39 is 0 Å². The van der Waals surface area contributed by atoms with Crippen molar-refractivity contribution < 1.29 is 19.1 Å². The van der Waals surface area contributed by atoms with E-state index in [0.717, 1.165) is 5.56 Å². The van der Waals surface area contributed by atoms with E-state index in [-0.39, 0.29) is 16.9 Å². The third kappa shape index (κ3) is 6.86. The predicted octanol–water partition coefficient (Wildman–Crippen LogP) is 4.40. The van der Waals surface area contributed by atoms with Crippen LogP contribution in [0.4, 0.5) is 11.4 Å². The molecule has 0 spiro atoms. The van der Waals surface area contributed by atoms with Crippen LogP contribution in [-0.2, 0) is 4.74 Å². The van der Waals surface area contributed by atoms with Crippen LogP contribution < -0.4 is 20.7 Å². The first-order valence-electron chi connectivity index (χ1n) is 10.3. The standard InChI is InChI=1S/C25H25N3O4S/c1-17-7-3-4-8-20(17)23(29)26-18-11-13-19(14-12-18)27-25(33)28-24(30)21-9-5-6-10-22(21)32-16-15-31-2/h3-14H,15-16H2,1-2H3,(H,26,29)(H2,27,28,30,33). The molecule has 0 fully saturated rings. The molecule has 0 heterocycles. The van der Waals surface area contributed by atoms with Gasteiger partial charge < -0.3 is 20.1 Å². The summed E-state index contributed by atoms with van der Waals surface area (Å²) in [6.45, 7) is 2.63. The molecule has 0 unspecified atom stereocenters. The van der Waals surface area contributed by atoms with Crippen molar-refractivity contribution in [1.82, 2.24) is 5.32 Å². The van der Waals surface area contributed by atoms with Crippen molar-refractivity contribution in [3.8, 4) is 5.75 Å². The number of para-hydroxylation sites is 1. The van der Waals surface area contributed by atoms with Gasteiger partial charge in [-0.1, -0.05) is 30.3 Å². The smallest absolute Gasteiger partial charge is 0.261 e. The largest absolute Gasteiger partial charge is 0.490 e. The third-order valence-electron chi connectivity index (χ3n) is 4.69. The summed E-state index contributed by atoms with van der Waals surface area (Å²) >= 11 is 5.27. The molecule has 0 aliphatic rings. The van der Waals surface area contributed by atoms with Gasteiger partial charge in [0.15, 0.2) is 5.11 Å². The third-order valence-corrected chi connectivity index (χ3v) is 4.90. The highest BCUT2D eigenvalue weighted by Crippen LogP contribution is 2.19. The van der Waals surface area contributed by atoms with Crippen molar-refractivity contribution in [3.05, 3.63) is 89.5 Å². The molecule has 0 saturated carbocycles. The van der Waals surface area contributed by atoms with Gasteiger partial charge in [0.25, 0.3) is 11.8 Å². The minimum atomic E-state index is -0.386. The number of amides is 2.